The molecule has 0 amide bonds. The van der Waals surface area contributed by atoms with E-state index in [1.165, 1.54) is 4.31 Å². The molecule has 6 heteroatoms. The van der Waals surface area contributed by atoms with E-state index in [9.17, 15) is 13.5 Å². The summed E-state index contributed by atoms with van der Waals surface area (Å²) in [6.45, 7) is 0.384. The highest BCUT2D eigenvalue weighted by atomic mass is 79.9. The maximum atomic E-state index is 13.6. The fourth-order valence-electron chi connectivity index (χ4n) is 4.27. The summed E-state index contributed by atoms with van der Waals surface area (Å²) >= 11 is 3.39. The van der Waals surface area contributed by atoms with E-state index in [-0.39, 0.29) is 4.90 Å². The maximum absolute atomic E-state index is 13.6. The van der Waals surface area contributed by atoms with E-state index in [0.717, 1.165) is 5.56 Å². The predicted molar refractivity (Wildman–Crippen MR) is 122 cm³/mol. The Labute approximate surface area is 186 Å². The van der Waals surface area contributed by atoms with Crippen LogP contribution in [0.1, 0.15) is 29.5 Å². The van der Waals surface area contributed by atoms with Crippen molar-refractivity contribution in [2.24, 2.45) is 0 Å². The number of benzene rings is 3. The maximum Gasteiger partial charge on any atom is 0.243 e. The van der Waals surface area contributed by atoms with E-state index >= 15 is 0 Å². The molecular formula is C24H24BrNO3S. The number of halogens is 1. The topological polar surface area (TPSA) is 57.6 Å². The minimum Gasteiger partial charge on any atom is -0.379 e. The van der Waals surface area contributed by atoms with Gasteiger partial charge in [0.1, 0.15) is 5.60 Å². The van der Waals surface area contributed by atoms with Crippen molar-refractivity contribution in [3.63, 3.8) is 0 Å². The molecule has 0 saturated carbocycles. The van der Waals surface area contributed by atoms with E-state index in [2.05, 4.69) is 15.9 Å². The zero-order chi connectivity index (χ0) is 21.2. The zero-order valence-electron chi connectivity index (χ0n) is 16.5. The summed E-state index contributed by atoms with van der Waals surface area (Å²) in [7, 11) is -3.75. The van der Waals surface area contributed by atoms with E-state index in [0.29, 0.717) is 35.8 Å². The molecule has 30 heavy (non-hydrogen) atoms. The highest BCUT2D eigenvalue weighted by molar-refractivity contribution is 9.08. The Morgan fingerprint density at radius 1 is 0.900 bits per heavy atom. The van der Waals surface area contributed by atoms with Crippen LogP contribution in [0.2, 0.25) is 0 Å². The van der Waals surface area contributed by atoms with Crippen LogP contribution in [0.5, 0.6) is 0 Å². The van der Waals surface area contributed by atoms with Gasteiger partial charge < -0.3 is 5.11 Å². The molecule has 0 radical (unpaired) electrons. The zero-order valence-corrected chi connectivity index (χ0v) is 18.9. The van der Waals surface area contributed by atoms with Crippen molar-refractivity contribution in [1.82, 2.24) is 4.31 Å². The fourth-order valence-corrected chi connectivity index (χ4v) is 6.35. The van der Waals surface area contributed by atoms with Crippen LogP contribution in [0.15, 0.2) is 89.8 Å². The van der Waals surface area contributed by atoms with Crippen LogP contribution in [-0.2, 0) is 21.0 Å². The molecule has 1 heterocycles. The minimum atomic E-state index is -3.75. The second kappa shape index (κ2) is 8.63. The number of rotatable bonds is 6. The van der Waals surface area contributed by atoms with E-state index in [1.807, 2.05) is 72.8 Å². The summed E-state index contributed by atoms with van der Waals surface area (Å²) in [4.78, 5) is 0.252. The van der Waals surface area contributed by atoms with Gasteiger partial charge in [-0.25, -0.2) is 8.42 Å². The van der Waals surface area contributed by atoms with E-state index in [4.69, 9.17) is 0 Å². The van der Waals surface area contributed by atoms with Crippen LogP contribution in [0.4, 0.5) is 0 Å². The molecule has 0 aliphatic carbocycles. The van der Waals surface area contributed by atoms with Crippen molar-refractivity contribution in [1.29, 1.82) is 0 Å². The van der Waals surface area contributed by atoms with Gasteiger partial charge in [-0.15, -0.1) is 0 Å². The van der Waals surface area contributed by atoms with Crippen LogP contribution in [0.3, 0.4) is 0 Å². The first-order valence-corrected chi connectivity index (χ1v) is 12.5. The van der Waals surface area contributed by atoms with Gasteiger partial charge in [0.15, 0.2) is 0 Å². The van der Waals surface area contributed by atoms with Crippen LogP contribution in [-0.4, -0.2) is 30.4 Å². The third-order valence-corrected chi connectivity index (χ3v) is 8.37. The molecule has 156 valence electrons. The van der Waals surface area contributed by atoms with Crippen LogP contribution in [0.25, 0.3) is 0 Å². The van der Waals surface area contributed by atoms with Crippen molar-refractivity contribution in [2.75, 3.05) is 6.54 Å². The van der Waals surface area contributed by atoms with Crippen LogP contribution >= 0.6 is 15.9 Å². The number of hydrogen-bond donors (Lipinski definition) is 1. The van der Waals surface area contributed by atoms with Gasteiger partial charge in [-0.05, 0) is 41.7 Å². The summed E-state index contributed by atoms with van der Waals surface area (Å²) < 4.78 is 28.6. The number of nitrogens with zero attached hydrogens (tertiary/aromatic N) is 1. The Kier molecular flexibility index (Phi) is 6.11. The summed E-state index contributed by atoms with van der Waals surface area (Å²) in [6, 6.07) is 25.0. The largest absolute Gasteiger partial charge is 0.379 e. The average molecular weight is 486 g/mol. The molecule has 0 bridgehead atoms. The van der Waals surface area contributed by atoms with Gasteiger partial charge in [-0.2, -0.15) is 4.31 Å². The Bertz CT molecular complexity index is 1050. The monoisotopic (exact) mass is 485 g/mol. The van der Waals surface area contributed by atoms with E-state index < -0.39 is 21.7 Å². The highest BCUT2D eigenvalue weighted by Crippen LogP contribution is 2.42. The fraction of sp³-hybridized carbons (Fsp3) is 0.250. The summed E-state index contributed by atoms with van der Waals surface area (Å²) in [5.41, 5.74) is 0.954. The second-order valence-corrected chi connectivity index (χ2v) is 10.0. The lowest BCUT2D eigenvalue weighted by molar-refractivity contribution is 0.0204. The molecular weight excluding hydrogens is 462 g/mol. The van der Waals surface area contributed by atoms with Gasteiger partial charge in [-0.1, -0.05) is 88.7 Å². The lowest BCUT2D eigenvalue weighted by atomic mass is 9.79. The Hall–Kier alpha value is -1.99. The van der Waals surface area contributed by atoms with Gasteiger partial charge in [-0.3, -0.25) is 0 Å². The van der Waals surface area contributed by atoms with Crippen LogP contribution < -0.4 is 0 Å². The molecule has 1 N–H and O–H groups in total. The highest BCUT2D eigenvalue weighted by Gasteiger charge is 2.49. The normalized spacial score (nSPS) is 17.9. The lowest BCUT2D eigenvalue weighted by Gasteiger charge is -2.39. The number of aliphatic hydroxyl groups is 1. The number of sulfonamides is 1. The first-order chi connectivity index (χ1) is 14.5. The van der Waals surface area contributed by atoms with Gasteiger partial charge in [0.2, 0.25) is 10.0 Å². The van der Waals surface area contributed by atoms with Crippen molar-refractivity contribution < 1.29 is 13.5 Å². The molecule has 1 fully saturated rings. The molecule has 4 nitrogen and oxygen atoms in total. The molecule has 4 rings (SSSR count). The Morgan fingerprint density at radius 2 is 1.43 bits per heavy atom. The van der Waals surface area contributed by atoms with Gasteiger partial charge in [0.25, 0.3) is 0 Å². The molecule has 0 spiro atoms. The SMILES string of the molecule is O=S(=O)(c1ccc(CBr)cc1)N1CCC[C@H]1C(O)(c1ccccc1)c1ccccc1. The molecule has 1 aliphatic heterocycles. The van der Waals surface area contributed by atoms with Crippen molar-refractivity contribution in [3.8, 4) is 0 Å². The average Bonchev–Trinajstić information content (AvgIpc) is 3.31. The third kappa shape index (κ3) is 3.73. The Morgan fingerprint density at radius 3 is 1.93 bits per heavy atom. The second-order valence-electron chi connectivity index (χ2n) is 7.55. The third-order valence-electron chi connectivity index (χ3n) is 5.80. The predicted octanol–water partition coefficient (Wildman–Crippen LogP) is 4.67. The minimum absolute atomic E-state index is 0.252. The molecule has 0 unspecified atom stereocenters. The Balaban J connectivity index is 1.81. The molecule has 1 atom stereocenters. The molecule has 1 saturated heterocycles. The van der Waals surface area contributed by atoms with E-state index in [1.54, 1.807) is 12.1 Å². The van der Waals surface area contributed by atoms with Gasteiger partial charge in [0.05, 0.1) is 10.9 Å². The van der Waals surface area contributed by atoms with Crippen molar-refractivity contribution >= 4 is 26.0 Å². The summed E-state index contributed by atoms with van der Waals surface area (Å²) in [6.07, 6.45) is 1.28. The first kappa shape index (κ1) is 21.2. The smallest absolute Gasteiger partial charge is 0.243 e. The first-order valence-electron chi connectivity index (χ1n) is 9.98. The van der Waals surface area contributed by atoms with Gasteiger partial charge >= 0.3 is 0 Å². The van der Waals surface area contributed by atoms with Gasteiger partial charge in [0, 0.05) is 11.9 Å². The molecule has 0 aromatic heterocycles. The summed E-state index contributed by atoms with van der Waals surface area (Å²) in [5, 5.41) is 12.8. The standard InChI is InChI=1S/C24H24BrNO3S/c25-18-19-13-15-22(16-14-19)30(28,29)26-17-7-12-23(26)24(27,20-8-3-1-4-9-20)21-10-5-2-6-11-21/h1-6,8-11,13-16,23,27H,7,12,17-18H2/t23-/m0/s1. The molecule has 3 aromatic carbocycles. The molecule has 3 aromatic rings. The quantitative estimate of drug-likeness (QED) is 0.516. The van der Waals surface area contributed by atoms with Crippen LogP contribution in [0, 0.1) is 0 Å². The molecule has 1 aliphatic rings. The lowest BCUT2D eigenvalue weighted by Crippen LogP contribution is -2.50. The number of alkyl halides is 1. The number of hydrogen-bond acceptors (Lipinski definition) is 3. The van der Waals surface area contributed by atoms with Crippen molar-refractivity contribution in [2.45, 2.75) is 34.7 Å². The summed E-state index contributed by atoms with van der Waals surface area (Å²) in [5.74, 6) is 0. The van der Waals surface area contributed by atoms with Crippen molar-refractivity contribution in [3.05, 3.63) is 102 Å².